The molecular formula is C19H22FN5O2. The molecule has 5 rings (SSSR count). The lowest BCUT2D eigenvalue weighted by Crippen LogP contribution is -2.43. The van der Waals surface area contributed by atoms with Gasteiger partial charge in [0.15, 0.2) is 0 Å². The number of halogens is 1. The minimum Gasteiger partial charge on any atom is -0.381 e. The second-order valence-corrected chi connectivity index (χ2v) is 7.36. The number of benzene rings is 1. The van der Waals surface area contributed by atoms with E-state index in [-0.39, 0.29) is 11.7 Å². The van der Waals surface area contributed by atoms with Crippen molar-refractivity contribution in [2.75, 3.05) is 26.3 Å². The summed E-state index contributed by atoms with van der Waals surface area (Å²) in [5.41, 5.74) is 1.10. The zero-order valence-electron chi connectivity index (χ0n) is 15.0. The van der Waals surface area contributed by atoms with E-state index in [0.717, 1.165) is 57.5 Å². The fourth-order valence-electron chi connectivity index (χ4n) is 4.28. The molecule has 0 atom stereocenters. The number of nitrogens with zero attached hydrogens (tertiary/aromatic N) is 4. The van der Waals surface area contributed by atoms with Crippen LogP contribution in [0.3, 0.4) is 0 Å². The summed E-state index contributed by atoms with van der Waals surface area (Å²) in [5.74, 6) is 0.762. The van der Waals surface area contributed by atoms with Crippen molar-refractivity contribution in [2.45, 2.75) is 37.6 Å². The zero-order valence-corrected chi connectivity index (χ0v) is 15.0. The lowest BCUT2D eigenvalue weighted by atomic mass is 9.94. The van der Waals surface area contributed by atoms with Gasteiger partial charge in [-0.05, 0) is 50.9 Å². The van der Waals surface area contributed by atoms with Gasteiger partial charge >= 0.3 is 0 Å². The Morgan fingerprint density at radius 3 is 2.74 bits per heavy atom. The molecule has 142 valence electrons. The molecule has 27 heavy (non-hydrogen) atoms. The highest BCUT2D eigenvalue weighted by Crippen LogP contribution is 2.33. The standard InChI is InChI=1S/C19H22FN5O2/c20-15-1-2-16-14(11-21-23-16)17(15)18-22-19(27-24-18)12-3-7-25(8-4-12)13-5-9-26-10-6-13/h1-2,11-13H,3-10H2,(H,21,23). The highest BCUT2D eigenvalue weighted by atomic mass is 19.1. The molecule has 2 aliphatic heterocycles. The van der Waals surface area contributed by atoms with Gasteiger partial charge in [-0.1, -0.05) is 5.16 Å². The topological polar surface area (TPSA) is 80.1 Å². The first-order valence-electron chi connectivity index (χ1n) is 9.57. The van der Waals surface area contributed by atoms with E-state index in [2.05, 4.69) is 25.2 Å². The van der Waals surface area contributed by atoms with Crippen LogP contribution in [0.2, 0.25) is 0 Å². The van der Waals surface area contributed by atoms with Crippen molar-refractivity contribution >= 4 is 10.9 Å². The van der Waals surface area contributed by atoms with E-state index in [9.17, 15) is 4.39 Å². The summed E-state index contributed by atoms with van der Waals surface area (Å²) >= 11 is 0. The lowest BCUT2D eigenvalue weighted by Gasteiger charge is -2.38. The van der Waals surface area contributed by atoms with Crippen LogP contribution in [0.15, 0.2) is 22.9 Å². The summed E-state index contributed by atoms with van der Waals surface area (Å²) < 4.78 is 25.4. The number of nitrogens with one attached hydrogen (secondary N) is 1. The number of rotatable bonds is 3. The van der Waals surface area contributed by atoms with Crippen LogP contribution in [0.1, 0.15) is 37.5 Å². The number of hydrogen-bond acceptors (Lipinski definition) is 6. The fourth-order valence-corrected chi connectivity index (χ4v) is 4.28. The fraction of sp³-hybridized carbons (Fsp3) is 0.526. The second kappa shape index (κ2) is 7.01. The summed E-state index contributed by atoms with van der Waals surface area (Å²) in [7, 11) is 0. The number of piperidine rings is 1. The Hall–Kier alpha value is -2.32. The van der Waals surface area contributed by atoms with Crippen molar-refractivity contribution in [3.63, 3.8) is 0 Å². The Morgan fingerprint density at radius 1 is 1.11 bits per heavy atom. The summed E-state index contributed by atoms with van der Waals surface area (Å²) in [6, 6.07) is 3.69. The van der Waals surface area contributed by atoms with E-state index in [1.807, 2.05) is 0 Å². The second-order valence-electron chi connectivity index (χ2n) is 7.36. The number of fused-ring (bicyclic) bond motifs is 1. The monoisotopic (exact) mass is 371 g/mol. The van der Waals surface area contributed by atoms with E-state index in [4.69, 9.17) is 9.26 Å². The molecule has 0 unspecified atom stereocenters. The van der Waals surface area contributed by atoms with Gasteiger partial charge in [0.2, 0.25) is 11.7 Å². The molecule has 0 radical (unpaired) electrons. The van der Waals surface area contributed by atoms with Crippen molar-refractivity contribution in [3.8, 4) is 11.4 Å². The highest BCUT2D eigenvalue weighted by molar-refractivity contribution is 5.92. The Bertz CT molecular complexity index is 925. The first kappa shape index (κ1) is 16.8. The van der Waals surface area contributed by atoms with E-state index in [1.54, 1.807) is 12.3 Å². The maximum atomic E-state index is 14.4. The van der Waals surface area contributed by atoms with E-state index in [1.165, 1.54) is 6.07 Å². The summed E-state index contributed by atoms with van der Waals surface area (Å²) in [4.78, 5) is 7.09. The molecule has 2 saturated heterocycles. The Balaban J connectivity index is 1.33. The number of likely N-dealkylation sites (tertiary alicyclic amines) is 1. The molecule has 4 heterocycles. The average molecular weight is 371 g/mol. The Labute approximate surface area is 155 Å². The van der Waals surface area contributed by atoms with Crippen molar-refractivity contribution < 1.29 is 13.7 Å². The number of ether oxygens (including phenoxy) is 1. The maximum absolute atomic E-state index is 14.4. The predicted octanol–water partition coefficient (Wildman–Crippen LogP) is 3.11. The molecular weight excluding hydrogens is 349 g/mol. The number of aromatic amines is 1. The van der Waals surface area contributed by atoms with Crippen molar-refractivity contribution in [3.05, 3.63) is 30.0 Å². The molecule has 2 aromatic heterocycles. The molecule has 0 aliphatic carbocycles. The molecule has 1 N–H and O–H groups in total. The number of hydrogen-bond donors (Lipinski definition) is 1. The number of H-pyrrole nitrogens is 1. The molecule has 3 aromatic rings. The van der Waals surface area contributed by atoms with Crippen LogP contribution < -0.4 is 0 Å². The van der Waals surface area contributed by atoms with Crippen LogP contribution in [0.4, 0.5) is 4.39 Å². The first-order valence-corrected chi connectivity index (χ1v) is 9.57. The van der Waals surface area contributed by atoms with Crippen LogP contribution in [0, 0.1) is 5.82 Å². The van der Waals surface area contributed by atoms with Gasteiger partial charge in [0.25, 0.3) is 0 Å². The largest absolute Gasteiger partial charge is 0.381 e. The minimum absolute atomic E-state index is 0.231. The minimum atomic E-state index is -0.370. The first-order chi connectivity index (χ1) is 13.3. The summed E-state index contributed by atoms with van der Waals surface area (Å²) in [6.07, 6.45) is 5.79. The maximum Gasteiger partial charge on any atom is 0.230 e. The third-order valence-corrected chi connectivity index (χ3v) is 5.82. The van der Waals surface area contributed by atoms with Crippen LogP contribution in [0.25, 0.3) is 22.3 Å². The van der Waals surface area contributed by atoms with Crippen LogP contribution in [-0.2, 0) is 4.74 Å². The third-order valence-electron chi connectivity index (χ3n) is 5.82. The molecule has 0 bridgehead atoms. The lowest BCUT2D eigenvalue weighted by molar-refractivity contribution is 0.0239. The molecule has 2 fully saturated rings. The van der Waals surface area contributed by atoms with Crippen molar-refractivity contribution in [1.29, 1.82) is 0 Å². The molecule has 0 amide bonds. The van der Waals surface area contributed by atoms with Crippen LogP contribution in [0.5, 0.6) is 0 Å². The highest BCUT2D eigenvalue weighted by Gasteiger charge is 2.30. The van der Waals surface area contributed by atoms with Crippen LogP contribution in [-0.4, -0.2) is 57.6 Å². The van der Waals surface area contributed by atoms with Gasteiger partial charge < -0.3 is 14.2 Å². The third kappa shape index (κ3) is 3.12. The van der Waals surface area contributed by atoms with Gasteiger partial charge in [-0.15, -0.1) is 0 Å². The molecule has 1 aromatic carbocycles. The van der Waals surface area contributed by atoms with E-state index in [0.29, 0.717) is 28.7 Å². The smallest absolute Gasteiger partial charge is 0.230 e. The van der Waals surface area contributed by atoms with Gasteiger partial charge in [-0.3, -0.25) is 5.10 Å². The van der Waals surface area contributed by atoms with Gasteiger partial charge in [0.05, 0.1) is 17.3 Å². The molecule has 7 nitrogen and oxygen atoms in total. The Kier molecular flexibility index (Phi) is 4.37. The van der Waals surface area contributed by atoms with Gasteiger partial charge in [0, 0.05) is 30.6 Å². The molecule has 2 aliphatic rings. The zero-order chi connectivity index (χ0) is 18.2. The SMILES string of the molecule is Fc1ccc2[nH]ncc2c1-c1noc(C2CCN(C3CCOCC3)CC2)n1. The van der Waals surface area contributed by atoms with E-state index < -0.39 is 0 Å². The summed E-state index contributed by atoms with van der Waals surface area (Å²) in [6.45, 7) is 3.78. The van der Waals surface area contributed by atoms with Crippen molar-refractivity contribution in [1.82, 2.24) is 25.2 Å². The number of aromatic nitrogens is 4. The van der Waals surface area contributed by atoms with Crippen LogP contribution >= 0.6 is 0 Å². The van der Waals surface area contributed by atoms with Gasteiger partial charge in [-0.2, -0.15) is 10.1 Å². The normalized spacial score (nSPS) is 20.5. The van der Waals surface area contributed by atoms with Gasteiger partial charge in [0.1, 0.15) is 5.82 Å². The van der Waals surface area contributed by atoms with Crippen molar-refractivity contribution in [2.24, 2.45) is 0 Å². The van der Waals surface area contributed by atoms with Gasteiger partial charge in [-0.25, -0.2) is 4.39 Å². The van der Waals surface area contributed by atoms with E-state index >= 15 is 0 Å². The predicted molar refractivity (Wildman–Crippen MR) is 96.7 cm³/mol. The quantitative estimate of drug-likeness (QED) is 0.762. The average Bonchev–Trinajstić information content (AvgIpc) is 3.38. The summed E-state index contributed by atoms with van der Waals surface area (Å²) in [5, 5.41) is 11.6. The Morgan fingerprint density at radius 2 is 1.93 bits per heavy atom. The molecule has 0 saturated carbocycles. The molecule has 0 spiro atoms. The molecule has 8 heteroatoms.